The number of hydrogen-bond donors (Lipinski definition) is 0. The zero-order chi connectivity index (χ0) is 21.1. The van der Waals surface area contributed by atoms with E-state index in [1.165, 1.54) is 26.4 Å². The van der Waals surface area contributed by atoms with Crippen LogP contribution in [0.1, 0.15) is 12.8 Å². The third-order valence-corrected chi connectivity index (χ3v) is 4.52. The standard InChI is InChI=1S/C19H21O5.C5H5.Fe/c1-22-17-9-14(13-6-4-5-7-13)8-15(11-18(20)23-2)16(10-17)12-19(21)24-3;1-2-4-5-3-1;/h4-7,9,11-12,14H,8,10H2,1-3H3;1-5H;/q;;+2/b15-11+,16-12+;;. The van der Waals surface area contributed by atoms with Crippen molar-refractivity contribution in [2.24, 2.45) is 5.92 Å². The van der Waals surface area contributed by atoms with Gasteiger partial charge in [0.1, 0.15) is 0 Å². The van der Waals surface area contributed by atoms with E-state index in [2.05, 4.69) is 0 Å². The van der Waals surface area contributed by atoms with Gasteiger partial charge >= 0.3 is 29.0 Å². The molecule has 0 heterocycles. The van der Waals surface area contributed by atoms with Gasteiger partial charge in [-0.15, -0.1) is 0 Å². The van der Waals surface area contributed by atoms with Crippen LogP contribution in [0.4, 0.5) is 0 Å². The summed E-state index contributed by atoms with van der Waals surface area (Å²) < 4.78 is 14.9. The average molecular weight is 450 g/mol. The molecule has 3 aliphatic carbocycles. The summed E-state index contributed by atoms with van der Waals surface area (Å²) in [5, 5.41) is 0. The first-order valence-corrected chi connectivity index (χ1v) is 9.27. The van der Waals surface area contributed by atoms with E-state index in [4.69, 9.17) is 14.2 Å². The Morgan fingerprint density at radius 2 is 1.33 bits per heavy atom. The van der Waals surface area contributed by atoms with Gasteiger partial charge in [0.15, 0.2) is 0 Å². The second-order valence-electron chi connectivity index (χ2n) is 6.39. The molecule has 2 fully saturated rings. The van der Waals surface area contributed by atoms with Crippen molar-refractivity contribution in [3.05, 3.63) is 98.8 Å². The Morgan fingerprint density at radius 1 is 0.833 bits per heavy atom. The Hall–Kier alpha value is -1.52. The van der Waals surface area contributed by atoms with Crippen molar-refractivity contribution in [2.45, 2.75) is 12.8 Å². The summed E-state index contributed by atoms with van der Waals surface area (Å²) in [6.45, 7) is 0. The van der Waals surface area contributed by atoms with Crippen molar-refractivity contribution in [2.75, 3.05) is 21.3 Å². The van der Waals surface area contributed by atoms with Gasteiger partial charge in [-0.05, 0) is 93.3 Å². The number of esters is 2. The fraction of sp³-hybridized carbons (Fsp3) is 0.250. The number of carbonyl (C=O) groups is 2. The summed E-state index contributed by atoms with van der Waals surface area (Å²) in [5.74, 6) is 0.990. The van der Waals surface area contributed by atoms with Gasteiger partial charge in [-0.2, -0.15) is 0 Å². The van der Waals surface area contributed by atoms with Gasteiger partial charge in [0.2, 0.25) is 0 Å². The van der Waals surface area contributed by atoms with Crippen molar-refractivity contribution in [1.82, 2.24) is 0 Å². The molecule has 0 aromatic carbocycles. The summed E-state index contributed by atoms with van der Waals surface area (Å²) in [5.41, 5.74) is 1.43. The van der Waals surface area contributed by atoms with Gasteiger partial charge in [-0.1, -0.05) is 0 Å². The smallest absolute Gasteiger partial charge is 0.501 e. The maximum absolute atomic E-state index is 11.7. The topological polar surface area (TPSA) is 61.8 Å². The molecule has 0 aromatic heterocycles. The molecule has 3 rings (SSSR count). The zero-order valence-electron chi connectivity index (χ0n) is 17.3. The Bertz CT molecular complexity index is 632. The Kier molecular flexibility index (Phi) is 12.8. The van der Waals surface area contributed by atoms with Crippen molar-refractivity contribution in [3.8, 4) is 0 Å². The molecular weight excluding hydrogens is 424 g/mol. The molecule has 2 saturated carbocycles. The summed E-state index contributed by atoms with van der Waals surface area (Å²) in [7, 11) is 4.24. The van der Waals surface area contributed by atoms with Crippen LogP contribution in [0.3, 0.4) is 0 Å². The van der Waals surface area contributed by atoms with Crippen molar-refractivity contribution < 1.29 is 40.9 Å². The zero-order valence-corrected chi connectivity index (χ0v) is 18.4. The van der Waals surface area contributed by atoms with Crippen LogP contribution in [0, 0.1) is 69.6 Å². The average Bonchev–Trinajstić information content (AvgIpc) is 3.45. The maximum Gasteiger partial charge on any atom is 2.00 e. The third kappa shape index (κ3) is 8.69. The van der Waals surface area contributed by atoms with Gasteiger partial charge in [0, 0.05) is 18.6 Å². The third-order valence-electron chi connectivity index (χ3n) is 4.52. The van der Waals surface area contributed by atoms with E-state index < -0.39 is 11.9 Å². The number of allylic oxidation sites excluding steroid dienone is 3. The van der Waals surface area contributed by atoms with Crippen molar-refractivity contribution in [1.29, 1.82) is 0 Å². The van der Waals surface area contributed by atoms with E-state index >= 15 is 0 Å². The van der Waals surface area contributed by atoms with Crippen LogP contribution >= 0.6 is 0 Å². The molecule has 30 heavy (non-hydrogen) atoms. The minimum atomic E-state index is -0.469. The second-order valence-corrected chi connectivity index (χ2v) is 6.39. The van der Waals surface area contributed by atoms with Gasteiger partial charge < -0.3 is 14.2 Å². The Balaban J connectivity index is 0.000000655. The fourth-order valence-corrected chi connectivity index (χ4v) is 3.02. The van der Waals surface area contributed by atoms with Crippen LogP contribution < -0.4 is 0 Å². The van der Waals surface area contributed by atoms with E-state index in [-0.39, 0.29) is 23.0 Å². The first-order valence-electron chi connectivity index (χ1n) is 9.27. The monoisotopic (exact) mass is 450 g/mol. The van der Waals surface area contributed by atoms with Gasteiger partial charge in [-0.3, -0.25) is 0 Å². The minimum Gasteiger partial charge on any atom is -0.501 e. The fourth-order valence-electron chi connectivity index (χ4n) is 3.02. The summed E-state index contributed by atoms with van der Waals surface area (Å²) >= 11 is 0. The molecule has 6 heteroatoms. The summed E-state index contributed by atoms with van der Waals surface area (Å²) in [6.07, 6.45) is 23.8. The normalized spacial score (nSPS) is 24.2. The molecule has 0 bridgehead atoms. The van der Waals surface area contributed by atoms with Crippen molar-refractivity contribution in [3.63, 3.8) is 0 Å². The Labute approximate surface area is 191 Å². The molecule has 3 aliphatic rings. The van der Waals surface area contributed by atoms with Gasteiger partial charge in [0.25, 0.3) is 0 Å². The minimum absolute atomic E-state index is 0. The summed E-state index contributed by atoms with van der Waals surface area (Å²) in [6, 6.07) is 0. The van der Waals surface area contributed by atoms with E-state index in [0.29, 0.717) is 18.4 Å². The largest absolute Gasteiger partial charge is 2.00 e. The molecule has 0 saturated heterocycles. The molecule has 158 valence electrons. The van der Waals surface area contributed by atoms with Crippen LogP contribution in [-0.2, 0) is 40.9 Å². The molecule has 10 radical (unpaired) electrons. The van der Waals surface area contributed by atoms with Crippen LogP contribution in [0.25, 0.3) is 0 Å². The van der Waals surface area contributed by atoms with E-state index in [1.54, 1.807) is 7.11 Å². The van der Waals surface area contributed by atoms with Gasteiger partial charge in [-0.25, -0.2) is 9.59 Å². The Morgan fingerprint density at radius 3 is 1.80 bits per heavy atom. The van der Waals surface area contributed by atoms with E-state index in [1.807, 2.05) is 63.9 Å². The van der Waals surface area contributed by atoms with Crippen LogP contribution in [-0.4, -0.2) is 33.3 Å². The predicted molar refractivity (Wildman–Crippen MR) is 110 cm³/mol. The molecule has 1 unspecified atom stereocenters. The van der Waals surface area contributed by atoms with E-state index in [9.17, 15) is 9.59 Å². The molecule has 5 nitrogen and oxygen atoms in total. The van der Waals surface area contributed by atoms with E-state index in [0.717, 1.165) is 17.3 Å². The maximum atomic E-state index is 11.7. The van der Waals surface area contributed by atoms with Crippen LogP contribution in [0.15, 0.2) is 35.1 Å². The van der Waals surface area contributed by atoms with Gasteiger partial charge in [0.05, 0.1) is 27.1 Å². The van der Waals surface area contributed by atoms with Crippen LogP contribution in [0.2, 0.25) is 0 Å². The molecule has 0 N–H and O–H groups in total. The number of carbonyl (C=O) groups excluding carboxylic acids is 2. The molecule has 0 spiro atoms. The van der Waals surface area contributed by atoms with Crippen LogP contribution in [0.5, 0.6) is 0 Å². The SMILES string of the molecule is COC(=O)/C=C1\CC(OC)=CC([C]2[CH][CH][CH][CH]2)C\C1=C/C(=O)OC.[CH]1[CH][CH][CH][CH]1.[Fe+2]. The quantitative estimate of drug-likeness (QED) is 0.373. The predicted octanol–water partition coefficient (Wildman–Crippen LogP) is 3.55. The number of ether oxygens (including phenoxy) is 3. The number of rotatable bonds is 4. The molecular formula is C24H26FeO5+2. The molecule has 0 aromatic rings. The number of methoxy groups -OCH3 is 3. The number of hydrogen-bond acceptors (Lipinski definition) is 5. The summed E-state index contributed by atoms with van der Waals surface area (Å²) in [4.78, 5) is 23.4. The first kappa shape index (κ1) is 26.5. The molecule has 0 aliphatic heterocycles. The first-order chi connectivity index (χ1) is 14.1. The second kappa shape index (κ2) is 14.5. The molecule has 0 amide bonds. The molecule has 1 atom stereocenters. The van der Waals surface area contributed by atoms with Crippen molar-refractivity contribution >= 4 is 11.9 Å².